The third-order valence-corrected chi connectivity index (χ3v) is 5.40. The summed E-state index contributed by atoms with van der Waals surface area (Å²) in [6.07, 6.45) is 1.13. The Morgan fingerprint density at radius 1 is 1.06 bits per heavy atom. The van der Waals surface area contributed by atoms with Crippen LogP contribution in [-0.4, -0.2) is 41.0 Å². The van der Waals surface area contributed by atoms with Gasteiger partial charge in [0.1, 0.15) is 13.2 Å². The van der Waals surface area contributed by atoms with Gasteiger partial charge in [0.25, 0.3) is 5.91 Å². The molecule has 1 aliphatic carbocycles. The Kier molecular flexibility index (Phi) is 5.26. The van der Waals surface area contributed by atoms with Gasteiger partial charge in [-0.3, -0.25) is 4.79 Å². The standard InChI is InChI=1S/C24H23N3O5/c1-15(23(28)25-17-9-10-21-22(13-17)31-12-11-30-21)32-24(29)20-14-19(16-7-8-16)26-27(20)18-5-3-2-4-6-18/h2-6,9-10,13-16H,7-8,11-12H2,1H3,(H,25,28). The van der Waals surface area contributed by atoms with E-state index < -0.39 is 18.0 Å². The minimum absolute atomic E-state index is 0.303. The molecule has 2 aliphatic rings. The fourth-order valence-electron chi connectivity index (χ4n) is 3.53. The number of carbonyl (C=O) groups excluding carboxylic acids is 2. The number of rotatable bonds is 6. The molecule has 8 nitrogen and oxygen atoms in total. The zero-order chi connectivity index (χ0) is 22.1. The van der Waals surface area contributed by atoms with Crippen LogP contribution in [0.4, 0.5) is 5.69 Å². The Morgan fingerprint density at radius 2 is 1.81 bits per heavy atom. The van der Waals surface area contributed by atoms with Crippen LogP contribution in [0.25, 0.3) is 5.69 Å². The molecule has 1 fully saturated rings. The smallest absolute Gasteiger partial charge is 0.357 e. The van der Waals surface area contributed by atoms with Crippen LogP contribution < -0.4 is 14.8 Å². The van der Waals surface area contributed by atoms with E-state index in [1.807, 2.05) is 30.3 Å². The molecule has 1 N–H and O–H groups in total. The van der Waals surface area contributed by atoms with Crippen molar-refractivity contribution in [3.8, 4) is 17.2 Å². The molecule has 0 spiro atoms. The van der Waals surface area contributed by atoms with Gasteiger partial charge in [-0.05, 0) is 50.1 Å². The van der Waals surface area contributed by atoms with Gasteiger partial charge >= 0.3 is 5.97 Å². The molecule has 1 aromatic heterocycles. The summed E-state index contributed by atoms with van der Waals surface area (Å²) in [6, 6.07) is 16.3. The molecule has 1 saturated carbocycles. The van der Waals surface area contributed by atoms with E-state index in [-0.39, 0.29) is 0 Å². The van der Waals surface area contributed by atoms with Gasteiger partial charge in [0, 0.05) is 17.7 Å². The fraction of sp³-hybridized carbons (Fsp3) is 0.292. The van der Waals surface area contributed by atoms with Gasteiger partial charge in [-0.2, -0.15) is 5.10 Å². The maximum atomic E-state index is 13.0. The molecule has 1 aliphatic heterocycles. The number of amides is 1. The van der Waals surface area contributed by atoms with Crippen LogP contribution in [0.15, 0.2) is 54.6 Å². The highest BCUT2D eigenvalue weighted by Crippen LogP contribution is 2.40. The molecular formula is C24H23N3O5. The second-order valence-corrected chi connectivity index (χ2v) is 7.87. The number of nitrogens with zero attached hydrogens (tertiary/aromatic N) is 2. The highest BCUT2D eigenvalue weighted by atomic mass is 16.6. The quantitative estimate of drug-likeness (QED) is 0.596. The number of para-hydroxylation sites is 1. The lowest BCUT2D eigenvalue weighted by Crippen LogP contribution is -2.30. The Bertz CT molecular complexity index is 1150. The Labute approximate surface area is 185 Å². The number of hydrogen-bond acceptors (Lipinski definition) is 6. The number of nitrogens with one attached hydrogen (secondary N) is 1. The van der Waals surface area contributed by atoms with Crippen molar-refractivity contribution in [1.82, 2.24) is 9.78 Å². The van der Waals surface area contributed by atoms with Gasteiger partial charge in [-0.15, -0.1) is 0 Å². The first-order valence-electron chi connectivity index (χ1n) is 10.7. The van der Waals surface area contributed by atoms with Crippen LogP contribution in [0.3, 0.4) is 0 Å². The summed E-state index contributed by atoms with van der Waals surface area (Å²) >= 11 is 0. The lowest BCUT2D eigenvalue weighted by atomic mass is 10.2. The maximum absolute atomic E-state index is 13.0. The fourth-order valence-corrected chi connectivity index (χ4v) is 3.53. The topological polar surface area (TPSA) is 91.7 Å². The van der Waals surface area contributed by atoms with Gasteiger partial charge in [0.05, 0.1) is 11.4 Å². The van der Waals surface area contributed by atoms with Crippen molar-refractivity contribution in [2.75, 3.05) is 18.5 Å². The summed E-state index contributed by atoms with van der Waals surface area (Å²) in [5.74, 6) is 0.538. The molecule has 1 amide bonds. The zero-order valence-electron chi connectivity index (χ0n) is 17.6. The SMILES string of the molecule is CC(OC(=O)c1cc(C2CC2)nn1-c1ccccc1)C(=O)Nc1ccc2c(c1)OCCO2. The van der Waals surface area contributed by atoms with Gasteiger partial charge in [0.2, 0.25) is 0 Å². The van der Waals surface area contributed by atoms with Crippen molar-refractivity contribution in [3.63, 3.8) is 0 Å². The number of ether oxygens (including phenoxy) is 3. The van der Waals surface area contributed by atoms with E-state index in [1.54, 1.807) is 28.9 Å². The lowest BCUT2D eigenvalue weighted by molar-refractivity contribution is -0.123. The van der Waals surface area contributed by atoms with Crippen molar-refractivity contribution in [1.29, 1.82) is 0 Å². The van der Waals surface area contributed by atoms with Crippen LogP contribution in [0.1, 0.15) is 41.9 Å². The van der Waals surface area contributed by atoms with Crippen LogP contribution in [0, 0.1) is 0 Å². The van der Waals surface area contributed by atoms with Crippen LogP contribution in [0.2, 0.25) is 0 Å². The van der Waals surface area contributed by atoms with E-state index >= 15 is 0 Å². The molecule has 2 aromatic carbocycles. The van der Waals surface area contributed by atoms with E-state index in [2.05, 4.69) is 10.4 Å². The summed E-state index contributed by atoms with van der Waals surface area (Å²) in [5.41, 5.74) is 2.47. The minimum atomic E-state index is -1.00. The predicted octanol–water partition coefficient (Wildman–Crippen LogP) is 3.70. The second kappa shape index (κ2) is 8.37. The number of carbonyl (C=O) groups is 2. The summed E-state index contributed by atoms with van der Waals surface area (Å²) in [4.78, 5) is 25.6. The molecule has 1 atom stereocenters. The molecule has 0 bridgehead atoms. The first kappa shape index (κ1) is 20.1. The molecule has 0 saturated heterocycles. The number of anilines is 1. The van der Waals surface area contributed by atoms with E-state index in [4.69, 9.17) is 14.2 Å². The molecular weight excluding hydrogens is 410 g/mol. The second-order valence-electron chi connectivity index (χ2n) is 7.87. The highest BCUT2D eigenvalue weighted by Gasteiger charge is 2.30. The maximum Gasteiger partial charge on any atom is 0.357 e. The minimum Gasteiger partial charge on any atom is -0.486 e. The van der Waals surface area contributed by atoms with Crippen molar-refractivity contribution < 1.29 is 23.8 Å². The van der Waals surface area contributed by atoms with E-state index in [0.29, 0.717) is 42.0 Å². The summed E-state index contributed by atoms with van der Waals surface area (Å²) in [7, 11) is 0. The summed E-state index contributed by atoms with van der Waals surface area (Å²) in [6.45, 7) is 2.49. The molecule has 5 rings (SSSR count). The van der Waals surface area contributed by atoms with Gasteiger partial charge in [0.15, 0.2) is 23.3 Å². The molecule has 32 heavy (non-hydrogen) atoms. The van der Waals surface area contributed by atoms with Gasteiger partial charge in [-0.25, -0.2) is 9.48 Å². The number of hydrogen-bond donors (Lipinski definition) is 1. The van der Waals surface area contributed by atoms with Crippen molar-refractivity contribution in [2.45, 2.75) is 31.8 Å². The monoisotopic (exact) mass is 433 g/mol. The Hall–Kier alpha value is -3.81. The van der Waals surface area contributed by atoms with Crippen LogP contribution in [0.5, 0.6) is 11.5 Å². The average Bonchev–Trinajstić information content (AvgIpc) is 3.57. The van der Waals surface area contributed by atoms with Gasteiger partial charge < -0.3 is 19.5 Å². The predicted molar refractivity (Wildman–Crippen MR) is 116 cm³/mol. The molecule has 164 valence electrons. The van der Waals surface area contributed by atoms with Crippen molar-refractivity contribution in [2.24, 2.45) is 0 Å². The summed E-state index contributed by atoms with van der Waals surface area (Å²) < 4.78 is 18.1. The van der Waals surface area contributed by atoms with E-state index in [1.165, 1.54) is 6.92 Å². The van der Waals surface area contributed by atoms with Crippen LogP contribution >= 0.6 is 0 Å². The first-order valence-corrected chi connectivity index (χ1v) is 10.7. The van der Waals surface area contributed by atoms with Crippen molar-refractivity contribution in [3.05, 3.63) is 66.0 Å². The third kappa shape index (κ3) is 4.16. The highest BCUT2D eigenvalue weighted by molar-refractivity contribution is 5.97. The zero-order valence-corrected chi connectivity index (χ0v) is 17.6. The number of aromatic nitrogens is 2. The third-order valence-electron chi connectivity index (χ3n) is 5.40. The molecule has 8 heteroatoms. The normalized spacial score (nSPS) is 15.7. The lowest BCUT2D eigenvalue weighted by Gasteiger charge is -2.19. The van der Waals surface area contributed by atoms with Crippen molar-refractivity contribution >= 4 is 17.6 Å². The molecule has 0 radical (unpaired) electrons. The van der Waals surface area contributed by atoms with Gasteiger partial charge in [-0.1, -0.05) is 18.2 Å². The van der Waals surface area contributed by atoms with Crippen LogP contribution in [-0.2, 0) is 9.53 Å². The van der Waals surface area contributed by atoms with E-state index in [9.17, 15) is 9.59 Å². The number of fused-ring (bicyclic) bond motifs is 1. The Balaban J connectivity index is 1.30. The van der Waals surface area contributed by atoms with E-state index in [0.717, 1.165) is 24.2 Å². The molecule has 2 heterocycles. The number of esters is 1. The molecule has 1 unspecified atom stereocenters. The largest absolute Gasteiger partial charge is 0.486 e. The average molecular weight is 433 g/mol. The molecule has 3 aromatic rings. The Morgan fingerprint density at radius 3 is 2.56 bits per heavy atom. The number of benzene rings is 2. The first-order chi connectivity index (χ1) is 15.6. The summed E-state index contributed by atoms with van der Waals surface area (Å²) in [5, 5.41) is 7.37.